The first kappa shape index (κ1) is 24.2. The van der Waals surface area contributed by atoms with E-state index in [1.807, 2.05) is 0 Å². The Hall–Kier alpha value is -1.88. The van der Waals surface area contributed by atoms with E-state index < -0.39 is 21.8 Å². The fourth-order valence-electron chi connectivity index (χ4n) is 2.76. The maximum Gasteiger partial charge on any atom is 0.246 e. The molecule has 2 amide bonds. The van der Waals surface area contributed by atoms with Crippen molar-refractivity contribution in [1.29, 1.82) is 0 Å². The van der Waals surface area contributed by atoms with Crippen LogP contribution >= 0.6 is 12.4 Å². The fourth-order valence-corrected chi connectivity index (χ4v) is 4.44. The third-order valence-corrected chi connectivity index (χ3v) is 6.01. The lowest BCUT2D eigenvalue weighted by molar-refractivity contribution is -0.123. The number of sulfonamides is 1. The zero-order chi connectivity index (χ0) is 19.9. The molecule has 1 heterocycles. The van der Waals surface area contributed by atoms with Crippen molar-refractivity contribution in [3.05, 3.63) is 18.2 Å². The number of amides is 2. The highest BCUT2D eigenvalue weighted by atomic mass is 35.5. The van der Waals surface area contributed by atoms with Crippen molar-refractivity contribution in [1.82, 2.24) is 9.62 Å². The minimum absolute atomic E-state index is 0. The first-order chi connectivity index (χ1) is 12.9. The molecule has 11 heteroatoms. The lowest BCUT2D eigenvalue weighted by Gasteiger charge is -2.27. The van der Waals surface area contributed by atoms with Gasteiger partial charge >= 0.3 is 0 Å². The minimum Gasteiger partial charge on any atom is -0.492 e. The number of hydrogen-bond acceptors (Lipinski definition) is 6. The molecule has 1 aromatic rings. The average Bonchev–Trinajstić information content (AvgIpc) is 2.68. The van der Waals surface area contributed by atoms with Gasteiger partial charge in [0.05, 0.1) is 19.7 Å². The summed E-state index contributed by atoms with van der Waals surface area (Å²) in [6.45, 7) is 2.56. The maximum absolute atomic E-state index is 13.0. The molecule has 0 atom stereocenters. The zero-order valence-electron chi connectivity index (χ0n) is 15.8. The zero-order valence-corrected chi connectivity index (χ0v) is 17.4. The minimum atomic E-state index is -3.73. The van der Waals surface area contributed by atoms with Gasteiger partial charge in [-0.3, -0.25) is 9.59 Å². The SMILES string of the molecule is CCOc1ccc(NC(=O)CNC(=O)CN)cc1S(=O)(=O)N1CCCCC1.Cl. The van der Waals surface area contributed by atoms with E-state index in [0.29, 0.717) is 25.4 Å². The van der Waals surface area contributed by atoms with Gasteiger partial charge in [-0.15, -0.1) is 12.4 Å². The summed E-state index contributed by atoms with van der Waals surface area (Å²) in [5, 5.41) is 4.93. The first-order valence-corrected chi connectivity index (χ1v) is 10.4. The summed E-state index contributed by atoms with van der Waals surface area (Å²) < 4.78 is 33.0. The number of anilines is 1. The van der Waals surface area contributed by atoms with Gasteiger partial charge in [0.25, 0.3) is 0 Å². The van der Waals surface area contributed by atoms with Crippen molar-refractivity contribution >= 4 is 39.9 Å². The van der Waals surface area contributed by atoms with E-state index in [9.17, 15) is 18.0 Å². The lowest BCUT2D eigenvalue weighted by atomic mass is 10.2. The molecule has 1 aromatic carbocycles. The van der Waals surface area contributed by atoms with Crippen molar-refractivity contribution in [3.63, 3.8) is 0 Å². The van der Waals surface area contributed by atoms with Gasteiger partial charge in [0, 0.05) is 18.8 Å². The molecule has 0 radical (unpaired) electrons. The number of hydrogen-bond donors (Lipinski definition) is 3. The summed E-state index contributed by atoms with van der Waals surface area (Å²) in [7, 11) is -3.73. The Morgan fingerprint density at radius 1 is 1.18 bits per heavy atom. The Morgan fingerprint density at radius 3 is 2.46 bits per heavy atom. The van der Waals surface area contributed by atoms with Crippen molar-refractivity contribution in [2.24, 2.45) is 5.73 Å². The van der Waals surface area contributed by atoms with Crippen LogP contribution in [-0.2, 0) is 19.6 Å². The molecule has 0 spiro atoms. The standard InChI is InChI=1S/C17H26N4O5S.ClH/c1-2-26-14-7-6-13(20-17(23)12-19-16(22)11-18)10-15(14)27(24,25)21-8-4-3-5-9-21;/h6-7,10H,2-5,8-9,11-12,18H2,1H3,(H,19,22)(H,20,23);1H. The molecule has 1 aliphatic heterocycles. The predicted octanol–water partition coefficient (Wildman–Crippen LogP) is 0.695. The van der Waals surface area contributed by atoms with Gasteiger partial charge in [-0.1, -0.05) is 6.42 Å². The van der Waals surface area contributed by atoms with E-state index in [1.165, 1.54) is 16.4 Å². The van der Waals surface area contributed by atoms with Gasteiger partial charge in [0.2, 0.25) is 21.8 Å². The van der Waals surface area contributed by atoms with Gasteiger partial charge in [-0.2, -0.15) is 4.31 Å². The number of nitrogens with two attached hydrogens (primary N) is 1. The number of benzene rings is 1. The van der Waals surface area contributed by atoms with Gasteiger partial charge in [0.15, 0.2) is 0 Å². The van der Waals surface area contributed by atoms with Gasteiger partial charge < -0.3 is 21.1 Å². The highest BCUT2D eigenvalue weighted by Gasteiger charge is 2.29. The molecule has 158 valence electrons. The Morgan fingerprint density at radius 2 is 1.86 bits per heavy atom. The van der Waals surface area contributed by atoms with Crippen LogP contribution in [0.15, 0.2) is 23.1 Å². The number of piperidine rings is 1. The molecule has 28 heavy (non-hydrogen) atoms. The monoisotopic (exact) mass is 434 g/mol. The number of nitrogens with one attached hydrogen (secondary N) is 2. The lowest BCUT2D eigenvalue weighted by Crippen LogP contribution is -2.37. The van der Waals surface area contributed by atoms with Crippen LogP contribution in [0.5, 0.6) is 5.75 Å². The van der Waals surface area contributed by atoms with Crippen LogP contribution in [0.2, 0.25) is 0 Å². The van der Waals surface area contributed by atoms with Crippen LogP contribution in [0.1, 0.15) is 26.2 Å². The molecular weight excluding hydrogens is 408 g/mol. The predicted molar refractivity (Wildman–Crippen MR) is 108 cm³/mol. The molecule has 4 N–H and O–H groups in total. The highest BCUT2D eigenvalue weighted by Crippen LogP contribution is 2.31. The van der Waals surface area contributed by atoms with Crippen LogP contribution in [0.4, 0.5) is 5.69 Å². The smallest absolute Gasteiger partial charge is 0.246 e. The first-order valence-electron chi connectivity index (χ1n) is 8.92. The number of carbonyl (C=O) groups is 2. The quantitative estimate of drug-likeness (QED) is 0.551. The second kappa shape index (κ2) is 11.2. The van der Waals surface area contributed by atoms with Crippen molar-refractivity contribution in [2.45, 2.75) is 31.1 Å². The third kappa shape index (κ3) is 6.33. The van der Waals surface area contributed by atoms with Crippen molar-refractivity contribution in [3.8, 4) is 5.75 Å². The largest absolute Gasteiger partial charge is 0.492 e. The Kier molecular flexibility index (Phi) is 9.66. The number of rotatable bonds is 8. The number of ether oxygens (including phenoxy) is 1. The van der Waals surface area contributed by atoms with Crippen LogP contribution < -0.4 is 21.1 Å². The number of nitrogens with zero attached hydrogens (tertiary/aromatic N) is 1. The molecule has 1 saturated heterocycles. The summed E-state index contributed by atoms with van der Waals surface area (Å²) in [5.41, 5.74) is 5.47. The van der Waals surface area contributed by atoms with E-state index in [2.05, 4.69) is 10.6 Å². The van der Waals surface area contributed by atoms with Gasteiger partial charge in [0.1, 0.15) is 10.6 Å². The molecule has 9 nitrogen and oxygen atoms in total. The second-order valence-electron chi connectivity index (χ2n) is 6.09. The third-order valence-electron chi connectivity index (χ3n) is 4.09. The summed E-state index contributed by atoms with van der Waals surface area (Å²) in [6.07, 6.45) is 2.65. The van der Waals surface area contributed by atoms with E-state index in [-0.39, 0.29) is 36.1 Å². The fraction of sp³-hybridized carbons (Fsp3) is 0.529. The van der Waals surface area contributed by atoms with Crippen molar-refractivity contribution < 1.29 is 22.7 Å². The molecule has 0 aliphatic carbocycles. The Labute approximate surface area is 171 Å². The molecule has 0 aromatic heterocycles. The summed E-state index contributed by atoms with van der Waals surface area (Å²) in [4.78, 5) is 23.1. The molecule has 1 fully saturated rings. The van der Waals surface area contributed by atoms with E-state index in [4.69, 9.17) is 10.5 Å². The Bertz CT molecular complexity index is 782. The van der Waals surface area contributed by atoms with E-state index in [0.717, 1.165) is 19.3 Å². The van der Waals surface area contributed by atoms with Gasteiger partial charge in [-0.25, -0.2) is 8.42 Å². The maximum atomic E-state index is 13.0. The number of carbonyl (C=O) groups excluding carboxylic acids is 2. The Balaban J connectivity index is 0.00000392. The van der Waals surface area contributed by atoms with Crippen LogP contribution in [-0.4, -0.2) is 57.3 Å². The average molecular weight is 435 g/mol. The van der Waals surface area contributed by atoms with Crippen molar-refractivity contribution in [2.75, 3.05) is 38.1 Å². The van der Waals surface area contributed by atoms with Crippen LogP contribution in [0.25, 0.3) is 0 Å². The summed E-state index contributed by atoms with van der Waals surface area (Å²) in [6, 6.07) is 4.47. The van der Waals surface area contributed by atoms with Gasteiger partial charge in [-0.05, 0) is 38.0 Å². The summed E-state index contributed by atoms with van der Waals surface area (Å²) >= 11 is 0. The van der Waals surface area contributed by atoms with Crippen LogP contribution in [0, 0.1) is 0 Å². The topological polar surface area (TPSA) is 131 Å². The molecular formula is C17H27ClN4O5S. The summed E-state index contributed by atoms with van der Waals surface area (Å²) in [5.74, 6) is -0.690. The van der Waals surface area contributed by atoms with E-state index in [1.54, 1.807) is 13.0 Å². The van der Waals surface area contributed by atoms with Crippen LogP contribution in [0.3, 0.4) is 0 Å². The second-order valence-corrected chi connectivity index (χ2v) is 7.99. The molecule has 0 bridgehead atoms. The molecule has 0 unspecified atom stereocenters. The van der Waals surface area contributed by atoms with E-state index >= 15 is 0 Å². The molecule has 0 saturated carbocycles. The normalized spacial score (nSPS) is 14.6. The molecule has 1 aliphatic rings. The molecule has 2 rings (SSSR count). The number of halogens is 1. The highest BCUT2D eigenvalue weighted by molar-refractivity contribution is 7.89.